The van der Waals surface area contributed by atoms with Crippen molar-refractivity contribution in [3.05, 3.63) is 23.2 Å². The maximum Gasteiger partial charge on any atom is 0.274 e. The van der Waals surface area contributed by atoms with Gasteiger partial charge in [-0.1, -0.05) is 11.6 Å². The van der Waals surface area contributed by atoms with E-state index in [-0.39, 0.29) is 29.4 Å². The first-order valence-electron chi connectivity index (χ1n) is 6.69. The number of aliphatic hydroxyl groups excluding tert-OH is 1. The zero-order chi connectivity index (χ0) is 14.5. The maximum atomic E-state index is 12.5. The summed E-state index contributed by atoms with van der Waals surface area (Å²) < 4.78 is 0. The molecular weight excluding hydrogens is 280 g/mol. The highest BCUT2D eigenvalue weighted by atomic mass is 35.5. The highest BCUT2D eigenvalue weighted by Gasteiger charge is 2.28. The monoisotopic (exact) mass is 298 g/mol. The van der Waals surface area contributed by atoms with E-state index in [2.05, 4.69) is 21.9 Å². The van der Waals surface area contributed by atoms with E-state index in [1.807, 2.05) is 0 Å². The van der Waals surface area contributed by atoms with E-state index < -0.39 is 0 Å². The molecule has 2 heterocycles. The van der Waals surface area contributed by atoms with Gasteiger partial charge in [-0.3, -0.25) is 4.79 Å². The lowest BCUT2D eigenvalue weighted by Gasteiger charge is -2.36. The summed E-state index contributed by atoms with van der Waals surface area (Å²) >= 11 is 5.68. The van der Waals surface area contributed by atoms with Gasteiger partial charge in [-0.05, 0) is 33.0 Å². The van der Waals surface area contributed by atoms with Crippen LogP contribution in [0.25, 0.3) is 0 Å². The van der Waals surface area contributed by atoms with Crippen LogP contribution in [-0.4, -0.2) is 70.1 Å². The van der Waals surface area contributed by atoms with E-state index in [9.17, 15) is 9.90 Å². The largest absolute Gasteiger partial charge is 0.395 e. The van der Waals surface area contributed by atoms with Crippen molar-refractivity contribution in [2.75, 3.05) is 33.3 Å². The van der Waals surface area contributed by atoms with E-state index >= 15 is 0 Å². The van der Waals surface area contributed by atoms with Gasteiger partial charge in [0, 0.05) is 12.6 Å². The van der Waals surface area contributed by atoms with Crippen molar-refractivity contribution >= 4 is 17.5 Å². The van der Waals surface area contributed by atoms with Crippen LogP contribution < -0.4 is 0 Å². The van der Waals surface area contributed by atoms with E-state index in [1.165, 1.54) is 12.4 Å². The number of likely N-dealkylation sites (tertiary alicyclic amines) is 1. The number of aromatic nitrogens is 2. The number of carbonyl (C=O) groups is 1. The van der Waals surface area contributed by atoms with Gasteiger partial charge in [-0.2, -0.15) is 0 Å². The van der Waals surface area contributed by atoms with Crippen LogP contribution in [0.4, 0.5) is 0 Å². The molecule has 1 fully saturated rings. The van der Waals surface area contributed by atoms with Crippen LogP contribution in [0.15, 0.2) is 12.4 Å². The molecule has 0 bridgehead atoms. The van der Waals surface area contributed by atoms with Crippen molar-refractivity contribution in [3.8, 4) is 0 Å². The van der Waals surface area contributed by atoms with Crippen LogP contribution in [0.1, 0.15) is 23.3 Å². The molecule has 110 valence electrons. The highest BCUT2D eigenvalue weighted by molar-refractivity contribution is 6.29. The Hall–Kier alpha value is -1.24. The average molecular weight is 299 g/mol. The molecule has 1 aliphatic heterocycles. The Bertz CT molecular complexity index is 446. The molecule has 0 radical (unpaired) electrons. The molecule has 20 heavy (non-hydrogen) atoms. The molecule has 1 aromatic heterocycles. The fourth-order valence-corrected chi connectivity index (χ4v) is 2.53. The standard InChI is InChI=1S/C13H19ClN4O2/c1-17-4-2-10(3-5-17)18(6-7-19)13(20)11-8-16-12(14)9-15-11/h8-10,19H,2-7H2,1H3. The summed E-state index contributed by atoms with van der Waals surface area (Å²) in [6, 6.07) is 0.142. The SMILES string of the molecule is CN1CCC(N(CCO)C(=O)c2cnc(Cl)cn2)CC1. The number of halogens is 1. The molecule has 0 unspecified atom stereocenters. The van der Waals surface area contributed by atoms with Crippen molar-refractivity contribution < 1.29 is 9.90 Å². The lowest BCUT2D eigenvalue weighted by molar-refractivity contribution is 0.0534. The first-order valence-corrected chi connectivity index (χ1v) is 7.07. The smallest absolute Gasteiger partial charge is 0.274 e. The van der Waals surface area contributed by atoms with E-state index in [1.54, 1.807) is 4.90 Å². The van der Waals surface area contributed by atoms with Crippen LogP contribution in [0.3, 0.4) is 0 Å². The second kappa shape index (κ2) is 6.97. The first-order chi connectivity index (χ1) is 9.61. The molecule has 1 amide bonds. The summed E-state index contributed by atoms with van der Waals surface area (Å²) in [6.45, 7) is 2.16. The van der Waals surface area contributed by atoms with E-state index in [0.29, 0.717) is 6.54 Å². The van der Waals surface area contributed by atoms with Gasteiger partial charge >= 0.3 is 0 Å². The highest BCUT2D eigenvalue weighted by Crippen LogP contribution is 2.17. The Morgan fingerprint density at radius 2 is 2.15 bits per heavy atom. The predicted octanol–water partition coefficient (Wildman–Crippen LogP) is 0.659. The Kier molecular flexibility index (Phi) is 5.28. The van der Waals surface area contributed by atoms with Gasteiger partial charge in [-0.15, -0.1) is 0 Å². The third kappa shape index (κ3) is 3.65. The van der Waals surface area contributed by atoms with Gasteiger partial charge < -0.3 is 14.9 Å². The normalized spacial score (nSPS) is 17.1. The van der Waals surface area contributed by atoms with Crippen molar-refractivity contribution in [2.45, 2.75) is 18.9 Å². The zero-order valence-electron chi connectivity index (χ0n) is 11.5. The lowest BCUT2D eigenvalue weighted by Crippen LogP contribution is -2.47. The molecule has 0 aliphatic carbocycles. The van der Waals surface area contributed by atoms with Crippen LogP contribution in [-0.2, 0) is 0 Å². The summed E-state index contributed by atoms with van der Waals surface area (Å²) in [7, 11) is 2.07. The minimum absolute atomic E-state index is 0.0565. The first kappa shape index (κ1) is 15.2. The third-order valence-electron chi connectivity index (χ3n) is 3.57. The number of nitrogens with zero attached hydrogens (tertiary/aromatic N) is 4. The molecule has 0 spiro atoms. The minimum Gasteiger partial charge on any atom is -0.395 e. The molecular formula is C13H19ClN4O2. The fourth-order valence-electron chi connectivity index (χ4n) is 2.43. The molecule has 6 nitrogen and oxygen atoms in total. The summed E-state index contributed by atoms with van der Waals surface area (Å²) in [5, 5.41) is 9.46. The number of piperidine rings is 1. The van der Waals surface area contributed by atoms with Gasteiger partial charge in [0.1, 0.15) is 10.8 Å². The van der Waals surface area contributed by atoms with Gasteiger partial charge in [-0.25, -0.2) is 9.97 Å². The average Bonchev–Trinajstić information content (AvgIpc) is 2.46. The minimum atomic E-state index is -0.197. The topological polar surface area (TPSA) is 69.6 Å². The summed E-state index contributed by atoms with van der Waals surface area (Å²) in [5.41, 5.74) is 0.266. The van der Waals surface area contributed by atoms with Crippen LogP contribution in [0, 0.1) is 0 Å². The van der Waals surface area contributed by atoms with Crippen LogP contribution >= 0.6 is 11.6 Å². The number of rotatable bonds is 4. The predicted molar refractivity (Wildman–Crippen MR) is 75.7 cm³/mol. The van der Waals surface area contributed by atoms with Gasteiger partial charge in [0.2, 0.25) is 0 Å². The number of carbonyl (C=O) groups excluding carboxylic acids is 1. The Labute approximate surface area is 123 Å². The second-order valence-electron chi connectivity index (χ2n) is 4.98. The van der Waals surface area contributed by atoms with Gasteiger partial charge in [0.15, 0.2) is 0 Å². The summed E-state index contributed by atoms with van der Waals surface area (Å²) in [6.07, 6.45) is 4.55. The number of amides is 1. The Morgan fingerprint density at radius 1 is 1.45 bits per heavy atom. The molecule has 0 saturated carbocycles. The van der Waals surface area contributed by atoms with E-state index in [0.717, 1.165) is 25.9 Å². The van der Waals surface area contributed by atoms with Gasteiger partial charge in [0.25, 0.3) is 5.91 Å². The van der Waals surface area contributed by atoms with Crippen LogP contribution in [0.5, 0.6) is 0 Å². The van der Waals surface area contributed by atoms with Gasteiger partial charge in [0.05, 0.1) is 19.0 Å². The molecule has 1 aliphatic rings. The van der Waals surface area contributed by atoms with Crippen molar-refractivity contribution in [1.29, 1.82) is 0 Å². The quantitative estimate of drug-likeness (QED) is 0.884. The van der Waals surface area contributed by atoms with E-state index in [4.69, 9.17) is 11.6 Å². The number of aliphatic hydroxyl groups is 1. The number of hydrogen-bond acceptors (Lipinski definition) is 5. The molecule has 7 heteroatoms. The van der Waals surface area contributed by atoms with Crippen LogP contribution in [0.2, 0.25) is 5.15 Å². The molecule has 1 N–H and O–H groups in total. The fraction of sp³-hybridized carbons (Fsp3) is 0.615. The Morgan fingerprint density at radius 3 is 2.70 bits per heavy atom. The molecule has 0 atom stereocenters. The molecule has 2 rings (SSSR count). The molecule has 0 aromatic carbocycles. The molecule has 1 aromatic rings. The second-order valence-corrected chi connectivity index (χ2v) is 5.37. The zero-order valence-corrected chi connectivity index (χ0v) is 12.3. The van der Waals surface area contributed by atoms with Crippen molar-refractivity contribution in [1.82, 2.24) is 19.8 Å². The Balaban J connectivity index is 2.11. The maximum absolute atomic E-state index is 12.5. The summed E-state index contributed by atoms with van der Waals surface area (Å²) in [4.78, 5) is 24.3. The third-order valence-corrected chi connectivity index (χ3v) is 3.77. The van der Waals surface area contributed by atoms with Crippen molar-refractivity contribution in [3.63, 3.8) is 0 Å². The lowest BCUT2D eigenvalue weighted by atomic mass is 10.0. The van der Waals surface area contributed by atoms with Crippen molar-refractivity contribution in [2.24, 2.45) is 0 Å². The number of hydrogen-bond donors (Lipinski definition) is 1. The molecule has 1 saturated heterocycles. The summed E-state index contributed by atoms with van der Waals surface area (Å²) in [5.74, 6) is -0.197.